The zero-order valence-corrected chi connectivity index (χ0v) is 13.0. The molecule has 0 spiro atoms. The standard InChI is InChI=1S/C15H21N5O3/c1-2-8-22-12-5-3-4-11(9-12)10-17-6-7-18-15(21)13-14(16)20-23-19-13/h3-5,9,17H,2,6-8,10H2,1H3,(H2,16,20)(H,18,21). The van der Waals surface area contributed by atoms with Crippen LogP contribution < -0.4 is 21.1 Å². The van der Waals surface area contributed by atoms with Crippen LogP contribution in [0.1, 0.15) is 29.4 Å². The molecule has 2 aromatic rings. The third-order valence-corrected chi connectivity index (χ3v) is 3.02. The molecule has 2 rings (SSSR count). The van der Waals surface area contributed by atoms with Crippen molar-refractivity contribution < 1.29 is 14.2 Å². The second-order valence-electron chi connectivity index (χ2n) is 4.93. The minimum atomic E-state index is -0.402. The second-order valence-corrected chi connectivity index (χ2v) is 4.93. The molecule has 4 N–H and O–H groups in total. The lowest BCUT2D eigenvalue weighted by molar-refractivity contribution is 0.0944. The summed E-state index contributed by atoms with van der Waals surface area (Å²) in [6.07, 6.45) is 0.980. The molecule has 0 saturated heterocycles. The predicted molar refractivity (Wildman–Crippen MR) is 85.0 cm³/mol. The topological polar surface area (TPSA) is 115 Å². The fourth-order valence-electron chi connectivity index (χ4n) is 1.90. The summed E-state index contributed by atoms with van der Waals surface area (Å²) in [4.78, 5) is 11.7. The van der Waals surface area contributed by atoms with Crippen molar-refractivity contribution in [3.8, 4) is 5.75 Å². The third kappa shape index (κ3) is 5.26. The first-order chi connectivity index (χ1) is 11.2. The van der Waals surface area contributed by atoms with Crippen molar-refractivity contribution in [2.45, 2.75) is 19.9 Å². The maximum absolute atomic E-state index is 11.7. The summed E-state index contributed by atoms with van der Waals surface area (Å²) in [6, 6.07) is 7.93. The summed E-state index contributed by atoms with van der Waals surface area (Å²) in [7, 11) is 0. The number of hydrogen-bond donors (Lipinski definition) is 3. The van der Waals surface area contributed by atoms with E-state index in [1.165, 1.54) is 0 Å². The number of nitrogen functional groups attached to an aromatic ring is 1. The van der Waals surface area contributed by atoms with Crippen LogP contribution in [0, 0.1) is 0 Å². The fourth-order valence-corrected chi connectivity index (χ4v) is 1.90. The fraction of sp³-hybridized carbons (Fsp3) is 0.400. The molecule has 0 bridgehead atoms. The Morgan fingerprint density at radius 2 is 2.22 bits per heavy atom. The minimum absolute atomic E-state index is 0.00535. The SMILES string of the molecule is CCCOc1cccc(CNCCNC(=O)c2nonc2N)c1. The smallest absolute Gasteiger partial charge is 0.277 e. The van der Waals surface area contributed by atoms with Gasteiger partial charge in [-0.1, -0.05) is 19.1 Å². The lowest BCUT2D eigenvalue weighted by Crippen LogP contribution is -2.32. The summed E-state index contributed by atoms with van der Waals surface area (Å²) in [5.74, 6) is 0.452. The van der Waals surface area contributed by atoms with Crippen molar-refractivity contribution in [1.29, 1.82) is 0 Å². The first-order valence-corrected chi connectivity index (χ1v) is 7.49. The van der Waals surface area contributed by atoms with E-state index < -0.39 is 5.91 Å². The number of nitrogens with one attached hydrogen (secondary N) is 2. The molecule has 124 valence electrons. The van der Waals surface area contributed by atoms with E-state index in [0.717, 1.165) is 17.7 Å². The van der Waals surface area contributed by atoms with Gasteiger partial charge < -0.3 is 21.1 Å². The van der Waals surface area contributed by atoms with Gasteiger partial charge in [0.1, 0.15) is 5.75 Å². The molecule has 0 aliphatic carbocycles. The van der Waals surface area contributed by atoms with Gasteiger partial charge in [-0.3, -0.25) is 4.79 Å². The largest absolute Gasteiger partial charge is 0.494 e. The number of carbonyl (C=O) groups is 1. The van der Waals surface area contributed by atoms with Crippen LogP contribution in [0.3, 0.4) is 0 Å². The van der Waals surface area contributed by atoms with E-state index in [1.54, 1.807) is 0 Å². The van der Waals surface area contributed by atoms with Crippen molar-refractivity contribution in [3.63, 3.8) is 0 Å². The molecule has 23 heavy (non-hydrogen) atoms. The maximum atomic E-state index is 11.7. The van der Waals surface area contributed by atoms with Crippen LogP contribution in [0.4, 0.5) is 5.82 Å². The molecular weight excluding hydrogens is 298 g/mol. The van der Waals surface area contributed by atoms with Gasteiger partial charge in [0.15, 0.2) is 0 Å². The highest BCUT2D eigenvalue weighted by Gasteiger charge is 2.14. The highest BCUT2D eigenvalue weighted by atomic mass is 16.6. The molecule has 0 radical (unpaired) electrons. The Balaban J connectivity index is 1.67. The molecule has 0 fully saturated rings. The summed E-state index contributed by atoms with van der Waals surface area (Å²) in [5.41, 5.74) is 6.57. The Kier molecular flexibility index (Phi) is 6.37. The molecule has 0 unspecified atom stereocenters. The van der Waals surface area contributed by atoms with E-state index in [2.05, 4.69) is 32.5 Å². The summed E-state index contributed by atoms with van der Waals surface area (Å²) < 4.78 is 9.97. The molecule has 1 heterocycles. The van der Waals surface area contributed by atoms with Gasteiger partial charge in [-0.2, -0.15) is 0 Å². The first-order valence-electron chi connectivity index (χ1n) is 7.49. The van der Waals surface area contributed by atoms with Gasteiger partial charge in [0.25, 0.3) is 5.91 Å². The van der Waals surface area contributed by atoms with Crippen LogP contribution >= 0.6 is 0 Å². The summed E-state index contributed by atoms with van der Waals surface area (Å²) in [5, 5.41) is 12.7. The van der Waals surface area contributed by atoms with Gasteiger partial charge in [-0.15, -0.1) is 0 Å². The third-order valence-electron chi connectivity index (χ3n) is 3.02. The van der Waals surface area contributed by atoms with Crippen molar-refractivity contribution >= 4 is 11.7 Å². The van der Waals surface area contributed by atoms with E-state index in [0.29, 0.717) is 26.2 Å². The number of amides is 1. The van der Waals surface area contributed by atoms with Gasteiger partial charge in [-0.05, 0) is 34.4 Å². The summed E-state index contributed by atoms with van der Waals surface area (Å²) >= 11 is 0. The number of benzene rings is 1. The predicted octanol–water partition coefficient (Wildman–Crippen LogP) is 0.960. The van der Waals surface area contributed by atoms with Gasteiger partial charge in [0, 0.05) is 19.6 Å². The maximum Gasteiger partial charge on any atom is 0.277 e. The van der Waals surface area contributed by atoms with Crippen LogP contribution in [0.15, 0.2) is 28.9 Å². The minimum Gasteiger partial charge on any atom is -0.494 e. The number of aromatic nitrogens is 2. The molecule has 0 saturated carbocycles. The number of nitrogens with two attached hydrogens (primary N) is 1. The average molecular weight is 319 g/mol. The van der Waals surface area contributed by atoms with E-state index in [1.807, 2.05) is 24.3 Å². The van der Waals surface area contributed by atoms with Gasteiger partial charge in [-0.25, -0.2) is 4.63 Å². The molecule has 1 aromatic heterocycles. The van der Waals surface area contributed by atoms with Crippen molar-refractivity contribution in [2.24, 2.45) is 0 Å². The number of anilines is 1. The highest BCUT2D eigenvalue weighted by molar-refractivity contribution is 5.95. The van der Waals surface area contributed by atoms with Gasteiger partial charge in [0.05, 0.1) is 6.61 Å². The quantitative estimate of drug-likeness (QED) is 0.590. The van der Waals surface area contributed by atoms with Crippen LogP contribution in [-0.2, 0) is 6.54 Å². The molecule has 0 aliphatic heterocycles. The Morgan fingerprint density at radius 1 is 1.35 bits per heavy atom. The first kappa shape index (κ1) is 16.8. The van der Waals surface area contributed by atoms with Gasteiger partial charge >= 0.3 is 0 Å². The van der Waals surface area contributed by atoms with E-state index in [9.17, 15) is 4.79 Å². The number of rotatable bonds is 9. The van der Waals surface area contributed by atoms with Crippen molar-refractivity contribution in [1.82, 2.24) is 20.9 Å². The van der Waals surface area contributed by atoms with Crippen LogP contribution in [0.25, 0.3) is 0 Å². The van der Waals surface area contributed by atoms with Crippen LogP contribution in [-0.4, -0.2) is 35.9 Å². The number of nitrogens with zero attached hydrogens (tertiary/aromatic N) is 2. The van der Waals surface area contributed by atoms with E-state index >= 15 is 0 Å². The number of carbonyl (C=O) groups excluding carboxylic acids is 1. The van der Waals surface area contributed by atoms with Gasteiger partial charge in [0.2, 0.25) is 11.5 Å². The normalized spacial score (nSPS) is 10.5. The average Bonchev–Trinajstić information content (AvgIpc) is 2.99. The molecular formula is C15H21N5O3. The highest BCUT2D eigenvalue weighted by Crippen LogP contribution is 2.13. The lowest BCUT2D eigenvalue weighted by atomic mass is 10.2. The molecule has 8 nitrogen and oxygen atoms in total. The lowest BCUT2D eigenvalue weighted by Gasteiger charge is -2.08. The zero-order valence-electron chi connectivity index (χ0n) is 13.0. The molecule has 8 heteroatoms. The van der Waals surface area contributed by atoms with Crippen LogP contribution in [0.2, 0.25) is 0 Å². The summed E-state index contributed by atoms with van der Waals surface area (Å²) in [6.45, 7) is 4.52. The Hall–Kier alpha value is -2.61. The molecule has 1 amide bonds. The number of ether oxygens (including phenoxy) is 1. The Labute approximate surface area is 134 Å². The number of hydrogen-bond acceptors (Lipinski definition) is 7. The van der Waals surface area contributed by atoms with Crippen LogP contribution in [0.5, 0.6) is 5.75 Å². The van der Waals surface area contributed by atoms with E-state index in [4.69, 9.17) is 10.5 Å². The molecule has 0 atom stereocenters. The Bertz CT molecular complexity index is 629. The van der Waals surface area contributed by atoms with Crippen molar-refractivity contribution in [2.75, 3.05) is 25.4 Å². The molecule has 0 aliphatic rings. The molecule has 1 aromatic carbocycles. The zero-order chi connectivity index (χ0) is 16.5. The van der Waals surface area contributed by atoms with Crippen molar-refractivity contribution in [3.05, 3.63) is 35.5 Å². The Morgan fingerprint density at radius 3 is 2.96 bits per heavy atom. The van der Waals surface area contributed by atoms with E-state index in [-0.39, 0.29) is 11.5 Å². The second kappa shape index (κ2) is 8.74. The monoisotopic (exact) mass is 319 g/mol.